The van der Waals surface area contributed by atoms with Crippen molar-refractivity contribution in [1.82, 2.24) is 0 Å². The SMILES string of the molecule is [B]c1ccc2c(c1F)C1(CC1)CP(Cc1ccccc1)C2=O. The van der Waals surface area contributed by atoms with Gasteiger partial charge in [-0.2, -0.15) is 0 Å². The van der Waals surface area contributed by atoms with Gasteiger partial charge in [-0.05, 0) is 38.7 Å². The Labute approximate surface area is 132 Å². The molecule has 1 saturated carbocycles. The smallest absolute Gasteiger partial charge is 0.184 e. The zero-order valence-electron chi connectivity index (χ0n) is 12.2. The molecule has 2 aromatic rings. The van der Waals surface area contributed by atoms with E-state index in [1.165, 1.54) is 11.6 Å². The Bertz CT molecular complexity index is 755. The summed E-state index contributed by atoms with van der Waals surface area (Å²) in [6.45, 7) is 0. The van der Waals surface area contributed by atoms with Gasteiger partial charge < -0.3 is 0 Å². The highest BCUT2D eigenvalue weighted by Gasteiger charge is 2.53. The molecular formula is C18H15BFOP. The van der Waals surface area contributed by atoms with Crippen LogP contribution in [0.4, 0.5) is 4.39 Å². The molecule has 0 aromatic heterocycles. The third-order valence-corrected chi connectivity index (χ3v) is 7.33. The van der Waals surface area contributed by atoms with E-state index >= 15 is 0 Å². The molecule has 1 fully saturated rings. The Morgan fingerprint density at radius 1 is 1.14 bits per heavy atom. The van der Waals surface area contributed by atoms with Crippen LogP contribution in [0.3, 0.4) is 0 Å². The minimum Gasteiger partial charge on any atom is -0.289 e. The first-order valence-electron chi connectivity index (χ1n) is 7.52. The maximum Gasteiger partial charge on any atom is 0.184 e. The van der Waals surface area contributed by atoms with Gasteiger partial charge >= 0.3 is 0 Å². The van der Waals surface area contributed by atoms with Gasteiger partial charge in [0.2, 0.25) is 0 Å². The fourth-order valence-electron chi connectivity index (χ4n) is 3.47. The highest BCUT2D eigenvalue weighted by Crippen LogP contribution is 2.63. The van der Waals surface area contributed by atoms with Crippen molar-refractivity contribution in [2.24, 2.45) is 0 Å². The molecule has 108 valence electrons. The van der Waals surface area contributed by atoms with E-state index in [4.69, 9.17) is 7.85 Å². The maximum absolute atomic E-state index is 14.5. The normalized spacial score (nSPS) is 21.7. The minimum absolute atomic E-state index is 0.122. The summed E-state index contributed by atoms with van der Waals surface area (Å²) in [7, 11) is 4.93. The third kappa shape index (κ3) is 2.15. The van der Waals surface area contributed by atoms with E-state index in [2.05, 4.69) is 12.1 Å². The van der Waals surface area contributed by atoms with E-state index in [-0.39, 0.29) is 22.2 Å². The van der Waals surface area contributed by atoms with Crippen LogP contribution in [0.15, 0.2) is 42.5 Å². The summed E-state index contributed by atoms with van der Waals surface area (Å²) in [5.41, 5.74) is 2.54. The number of rotatable bonds is 2. The average molecular weight is 308 g/mol. The van der Waals surface area contributed by atoms with Gasteiger partial charge in [0.1, 0.15) is 13.7 Å². The standard InChI is InChI=1S/C18H15BFOP/c19-14-7-6-13-15(16(14)20)18(8-9-18)11-22(17(13)21)10-12-4-2-1-3-5-12/h1-7H,8-11H2. The van der Waals surface area contributed by atoms with Crippen molar-refractivity contribution in [3.8, 4) is 0 Å². The van der Waals surface area contributed by atoms with E-state index in [0.29, 0.717) is 11.1 Å². The molecule has 1 spiro atoms. The van der Waals surface area contributed by atoms with Crippen molar-refractivity contribution >= 4 is 26.8 Å². The molecule has 1 heterocycles. The Morgan fingerprint density at radius 3 is 2.55 bits per heavy atom. The topological polar surface area (TPSA) is 17.1 Å². The van der Waals surface area contributed by atoms with E-state index in [1.54, 1.807) is 6.07 Å². The van der Waals surface area contributed by atoms with Crippen molar-refractivity contribution in [1.29, 1.82) is 0 Å². The van der Waals surface area contributed by atoms with E-state index in [0.717, 1.165) is 25.2 Å². The van der Waals surface area contributed by atoms with Crippen molar-refractivity contribution in [2.45, 2.75) is 24.4 Å². The molecular weight excluding hydrogens is 293 g/mol. The predicted octanol–water partition coefficient (Wildman–Crippen LogP) is 3.49. The number of hydrogen-bond acceptors (Lipinski definition) is 1. The molecule has 0 N–H and O–H groups in total. The molecule has 2 aromatic carbocycles. The lowest BCUT2D eigenvalue weighted by molar-refractivity contribution is 0.107. The maximum atomic E-state index is 14.5. The van der Waals surface area contributed by atoms with Crippen LogP contribution < -0.4 is 5.46 Å². The second kappa shape index (κ2) is 5.03. The van der Waals surface area contributed by atoms with Gasteiger partial charge in [0.25, 0.3) is 0 Å². The van der Waals surface area contributed by atoms with Gasteiger partial charge in [0.05, 0.1) is 0 Å². The van der Waals surface area contributed by atoms with Gasteiger partial charge in [0, 0.05) is 16.5 Å². The van der Waals surface area contributed by atoms with Crippen LogP contribution in [-0.2, 0) is 11.6 Å². The van der Waals surface area contributed by atoms with Gasteiger partial charge in [-0.15, -0.1) is 0 Å². The molecule has 1 atom stereocenters. The Balaban J connectivity index is 1.74. The second-order valence-corrected chi connectivity index (χ2v) is 8.44. The van der Waals surface area contributed by atoms with E-state index in [1.807, 2.05) is 18.2 Å². The first-order valence-corrected chi connectivity index (χ1v) is 9.24. The number of fused-ring (bicyclic) bond motifs is 2. The molecule has 2 radical (unpaired) electrons. The molecule has 4 heteroatoms. The summed E-state index contributed by atoms with van der Waals surface area (Å²) in [6.07, 6.45) is 3.55. The van der Waals surface area contributed by atoms with Crippen LogP contribution in [0.1, 0.15) is 34.3 Å². The highest BCUT2D eigenvalue weighted by molar-refractivity contribution is 7.75. The Kier molecular flexibility index (Phi) is 3.23. The first kappa shape index (κ1) is 14.1. The summed E-state index contributed by atoms with van der Waals surface area (Å²) >= 11 is 0. The fraction of sp³-hybridized carbons (Fsp3) is 0.278. The number of benzene rings is 2. The average Bonchev–Trinajstić information content (AvgIpc) is 3.28. The minimum atomic E-state index is -0.790. The number of hydrogen-bond donors (Lipinski definition) is 0. The summed E-state index contributed by atoms with van der Waals surface area (Å²) < 4.78 is 14.5. The monoisotopic (exact) mass is 308 g/mol. The summed E-state index contributed by atoms with van der Waals surface area (Å²) in [5, 5.41) is 0. The van der Waals surface area contributed by atoms with Crippen LogP contribution in [-0.4, -0.2) is 19.5 Å². The number of carbonyl (C=O) groups is 1. The number of carbonyl (C=O) groups excluding carboxylic acids is 1. The fourth-order valence-corrected chi connectivity index (χ4v) is 6.25. The molecule has 0 bridgehead atoms. The largest absolute Gasteiger partial charge is 0.289 e. The highest BCUT2D eigenvalue weighted by atomic mass is 31.1. The number of halogens is 1. The summed E-state index contributed by atoms with van der Waals surface area (Å²) in [5.74, 6) is -0.363. The molecule has 1 aliphatic heterocycles. The molecule has 4 rings (SSSR count). The molecule has 1 unspecified atom stereocenters. The molecule has 22 heavy (non-hydrogen) atoms. The summed E-state index contributed by atoms with van der Waals surface area (Å²) in [6, 6.07) is 13.4. The lowest BCUT2D eigenvalue weighted by Gasteiger charge is -2.32. The van der Waals surface area contributed by atoms with Crippen LogP contribution in [0.5, 0.6) is 0 Å². The van der Waals surface area contributed by atoms with Gasteiger partial charge in [-0.25, -0.2) is 4.39 Å². The van der Waals surface area contributed by atoms with Crippen molar-refractivity contribution < 1.29 is 9.18 Å². The third-order valence-electron chi connectivity index (χ3n) is 4.78. The van der Waals surface area contributed by atoms with Gasteiger partial charge in [0.15, 0.2) is 5.52 Å². The van der Waals surface area contributed by atoms with Crippen molar-refractivity contribution in [2.75, 3.05) is 6.16 Å². The molecule has 1 nitrogen and oxygen atoms in total. The lowest BCUT2D eigenvalue weighted by Crippen LogP contribution is -2.29. The molecule has 2 aliphatic rings. The Morgan fingerprint density at radius 2 is 1.86 bits per heavy atom. The van der Waals surface area contributed by atoms with Crippen molar-refractivity contribution in [3.63, 3.8) is 0 Å². The summed E-state index contributed by atoms with van der Waals surface area (Å²) in [4.78, 5) is 12.8. The molecule has 1 aliphatic carbocycles. The van der Waals surface area contributed by atoms with Crippen molar-refractivity contribution in [3.05, 3.63) is 65.0 Å². The lowest BCUT2D eigenvalue weighted by atomic mass is 9.85. The van der Waals surface area contributed by atoms with Crippen LogP contribution >= 0.6 is 7.92 Å². The van der Waals surface area contributed by atoms with E-state index < -0.39 is 7.92 Å². The first-order chi connectivity index (χ1) is 10.6. The molecule has 0 amide bonds. The van der Waals surface area contributed by atoms with Crippen LogP contribution in [0.2, 0.25) is 0 Å². The van der Waals surface area contributed by atoms with Crippen LogP contribution in [0, 0.1) is 5.82 Å². The zero-order valence-corrected chi connectivity index (χ0v) is 13.1. The van der Waals surface area contributed by atoms with Crippen LogP contribution in [0.25, 0.3) is 0 Å². The second-order valence-electron chi connectivity index (χ2n) is 6.32. The quantitative estimate of drug-likeness (QED) is 0.613. The predicted molar refractivity (Wildman–Crippen MR) is 89.0 cm³/mol. The van der Waals surface area contributed by atoms with Gasteiger partial charge in [-0.3, -0.25) is 4.79 Å². The van der Waals surface area contributed by atoms with Gasteiger partial charge in [-0.1, -0.05) is 47.9 Å². The zero-order chi connectivity index (χ0) is 15.3. The Hall–Kier alpha value is -1.47. The molecule has 0 saturated heterocycles. The van der Waals surface area contributed by atoms with E-state index in [9.17, 15) is 9.18 Å².